The minimum absolute atomic E-state index is 0.468. The fraction of sp³-hybridized carbons (Fsp3) is 0.111. The number of aromatic nitrogens is 3. The summed E-state index contributed by atoms with van der Waals surface area (Å²) in [4.78, 5) is 3.70. The molecule has 0 fully saturated rings. The van der Waals surface area contributed by atoms with Crippen LogP contribution in [0.4, 0.5) is 0 Å². The second-order valence-corrected chi connectivity index (χ2v) is 16.3. The van der Waals surface area contributed by atoms with E-state index in [9.17, 15) is 0 Å². The van der Waals surface area contributed by atoms with E-state index in [0.717, 1.165) is 11.0 Å². The number of hydrogen-bond acceptors (Lipinski definition) is 0. The van der Waals surface area contributed by atoms with Crippen LogP contribution < -0.4 is 0 Å². The highest BCUT2D eigenvalue weighted by Gasteiger charge is 2.17. The van der Waals surface area contributed by atoms with Crippen molar-refractivity contribution in [2.75, 3.05) is 0 Å². The fourth-order valence-corrected chi connectivity index (χ4v) is 9.16. The zero-order chi connectivity index (χ0) is 38.4. The highest BCUT2D eigenvalue weighted by Crippen LogP contribution is 2.39. The van der Waals surface area contributed by atoms with Gasteiger partial charge < -0.3 is 14.1 Å². The number of nitrogens with zero attached hydrogens (tertiary/aromatic N) is 2. The minimum Gasteiger partial charge on any atom is -0.355 e. The van der Waals surface area contributed by atoms with Crippen molar-refractivity contribution < 1.29 is 0 Å². The third-order valence-electron chi connectivity index (χ3n) is 12.2. The molecule has 0 atom stereocenters. The van der Waals surface area contributed by atoms with Gasteiger partial charge in [0.05, 0.1) is 22.1 Å². The predicted octanol–water partition coefficient (Wildman–Crippen LogP) is 15.1. The van der Waals surface area contributed by atoms with Crippen LogP contribution >= 0.6 is 0 Å². The van der Waals surface area contributed by atoms with Gasteiger partial charge in [0, 0.05) is 54.7 Å². The molecule has 0 aliphatic rings. The third-order valence-corrected chi connectivity index (χ3v) is 12.2. The molecule has 3 nitrogen and oxygen atoms in total. The van der Waals surface area contributed by atoms with Crippen LogP contribution in [0.25, 0.3) is 99.0 Å². The topological polar surface area (TPSA) is 25.6 Å². The van der Waals surface area contributed by atoms with Gasteiger partial charge in [0.25, 0.3) is 0 Å². The Morgan fingerprint density at radius 1 is 0.333 bits per heavy atom. The zero-order valence-electron chi connectivity index (χ0n) is 32.7. The van der Waals surface area contributed by atoms with Crippen molar-refractivity contribution in [1.29, 1.82) is 0 Å². The molecule has 0 aliphatic heterocycles. The molecule has 11 aromatic rings. The normalized spacial score (nSPS) is 12.2. The van der Waals surface area contributed by atoms with Crippen molar-refractivity contribution in [3.8, 4) is 33.6 Å². The van der Waals surface area contributed by atoms with E-state index < -0.39 is 0 Å². The number of H-pyrrole nitrogens is 1. The van der Waals surface area contributed by atoms with Crippen LogP contribution in [0.5, 0.6) is 0 Å². The molecule has 3 heteroatoms. The molecule has 0 aliphatic carbocycles. The number of benzene rings is 8. The number of fused-ring (bicyclic) bond motifs is 9. The Hall–Kier alpha value is -6.84. The van der Waals surface area contributed by atoms with E-state index in [1.165, 1.54) is 99.1 Å². The Labute approximate surface area is 332 Å². The molecule has 3 aromatic heterocycles. The molecule has 0 spiro atoms. The largest absolute Gasteiger partial charge is 0.355 e. The van der Waals surface area contributed by atoms with E-state index in [2.05, 4.69) is 212 Å². The number of nitrogens with one attached hydrogen (secondary N) is 1. The van der Waals surface area contributed by atoms with Gasteiger partial charge in [-0.25, -0.2) is 0 Å². The van der Waals surface area contributed by atoms with Crippen LogP contribution in [0.2, 0.25) is 0 Å². The standard InChI is InChI=1S/C54H43N3/c1-33(2)35-11-9-13-41(27-35)56-51-17-7-5-15-43(51)47-31-39(21-25-53(47)56)37-19-23-49-45(29-37)46-30-38(20-24-50(46)55-49)40-22-26-54-48(32-40)44-16-6-8-18-52(44)57(54)42-14-10-12-36(28-42)34(3)4/h5-34,55H,1-4H3. The van der Waals surface area contributed by atoms with Crippen LogP contribution in [0.1, 0.15) is 50.7 Å². The first-order chi connectivity index (χ1) is 27.9. The van der Waals surface area contributed by atoms with Crippen molar-refractivity contribution in [1.82, 2.24) is 14.1 Å². The first-order valence-electron chi connectivity index (χ1n) is 20.2. The average Bonchev–Trinajstić information content (AvgIpc) is 3.90. The lowest BCUT2D eigenvalue weighted by Gasteiger charge is -2.12. The molecule has 0 amide bonds. The summed E-state index contributed by atoms with van der Waals surface area (Å²) in [5, 5.41) is 7.55. The maximum absolute atomic E-state index is 3.70. The van der Waals surface area contributed by atoms with Crippen molar-refractivity contribution in [3.05, 3.63) is 181 Å². The lowest BCUT2D eigenvalue weighted by Crippen LogP contribution is -1.96. The quantitative estimate of drug-likeness (QED) is 0.176. The molecule has 0 radical (unpaired) electrons. The lowest BCUT2D eigenvalue weighted by atomic mass is 9.98. The fourth-order valence-electron chi connectivity index (χ4n) is 9.16. The van der Waals surface area contributed by atoms with E-state index in [0.29, 0.717) is 11.8 Å². The first kappa shape index (κ1) is 33.5. The molecule has 57 heavy (non-hydrogen) atoms. The van der Waals surface area contributed by atoms with Crippen molar-refractivity contribution in [2.45, 2.75) is 39.5 Å². The summed E-state index contributed by atoms with van der Waals surface area (Å²) in [6.45, 7) is 9.04. The Morgan fingerprint density at radius 3 is 1.16 bits per heavy atom. The Kier molecular flexibility index (Phi) is 7.56. The maximum atomic E-state index is 3.70. The van der Waals surface area contributed by atoms with Gasteiger partial charge in [0.1, 0.15) is 0 Å². The predicted molar refractivity (Wildman–Crippen MR) is 244 cm³/mol. The average molecular weight is 734 g/mol. The summed E-state index contributed by atoms with van der Waals surface area (Å²) in [6, 6.07) is 63.3. The van der Waals surface area contributed by atoms with Gasteiger partial charge in [0.15, 0.2) is 0 Å². The summed E-state index contributed by atoms with van der Waals surface area (Å²) in [6.07, 6.45) is 0. The Morgan fingerprint density at radius 2 is 0.719 bits per heavy atom. The molecule has 274 valence electrons. The summed E-state index contributed by atoms with van der Waals surface area (Å²) in [7, 11) is 0. The van der Waals surface area contributed by atoms with Crippen LogP contribution in [0.15, 0.2) is 170 Å². The van der Waals surface area contributed by atoms with Crippen LogP contribution in [0, 0.1) is 0 Å². The van der Waals surface area contributed by atoms with Gasteiger partial charge in [0.2, 0.25) is 0 Å². The summed E-state index contributed by atoms with van der Waals surface area (Å²) in [5.74, 6) is 0.936. The van der Waals surface area contributed by atoms with Crippen molar-refractivity contribution in [3.63, 3.8) is 0 Å². The second-order valence-electron chi connectivity index (χ2n) is 16.3. The van der Waals surface area contributed by atoms with Crippen LogP contribution in [-0.4, -0.2) is 14.1 Å². The van der Waals surface area contributed by atoms with Crippen molar-refractivity contribution in [2.24, 2.45) is 0 Å². The molecule has 3 heterocycles. The molecular formula is C54H43N3. The van der Waals surface area contributed by atoms with Crippen molar-refractivity contribution >= 4 is 65.4 Å². The summed E-state index contributed by atoms with van der Waals surface area (Å²) in [5.41, 5.74) is 17.2. The van der Waals surface area contributed by atoms with Gasteiger partial charge >= 0.3 is 0 Å². The molecule has 0 bridgehead atoms. The maximum Gasteiger partial charge on any atom is 0.0541 e. The van der Waals surface area contributed by atoms with E-state index in [1.54, 1.807) is 0 Å². The van der Waals surface area contributed by atoms with Crippen LogP contribution in [-0.2, 0) is 0 Å². The summed E-state index contributed by atoms with van der Waals surface area (Å²) >= 11 is 0. The molecule has 0 saturated heterocycles. The van der Waals surface area contributed by atoms with Gasteiger partial charge in [-0.2, -0.15) is 0 Å². The van der Waals surface area contributed by atoms with E-state index in [1.807, 2.05) is 0 Å². The number of para-hydroxylation sites is 2. The minimum atomic E-state index is 0.468. The summed E-state index contributed by atoms with van der Waals surface area (Å²) < 4.78 is 4.84. The number of rotatable bonds is 6. The number of aromatic amines is 1. The smallest absolute Gasteiger partial charge is 0.0541 e. The molecule has 1 N–H and O–H groups in total. The SMILES string of the molecule is CC(C)c1cccc(-n2c3ccccc3c3cc(-c4ccc5[nH]c6ccc(-c7ccc8c(c7)c7ccccc7n8-c7cccc(C(C)C)c7)cc6c5c4)ccc32)c1. The van der Waals surface area contributed by atoms with Gasteiger partial charge in [-0.3, -0.25) is 0 Å². The molecule has 8 aromatic carbocycles. The van der Waals surface area contributed by atoms with Crippen LogP contribution in [0.3, 0.4) is 0 Å². The first-order valence-corrected chi connectivity index (χ1v) is 20.2. The van der Waals surface area contributed by atoms with Gasteiger partial charge in [-0.1, -0.05) is 113 Å². The second kappa shape index (κ2) is 12.9. The Balaban J connectivity index is 1.02. The zero-order valence-corrected chi connectivity index (χ0v) is 32.7. The van der Waals surface area contributed by atoms with E-state index in [-0.39, 0.29) is 0 Å². The molecule has 0 unspecified atom stereocenters. The Bertz CT molecular complexity index is 3140. The highest BCUT2D eigenvalue weighted by molar-refractivity contribution is 6.13. The highest BCUT2D eigenvalue weighted by atomic mass is 15.0. The van der Waals surface area contributed by atoms with Gasteiger partial charge in [-0.15, -0.1) is 0 Å². The van der Waals surface area contributed by atoms with E-state index >= 15 is 0 Å². The third kappa shape index (κ3) is 5.33. The monoisotopic (exact) mass is 733 g/mol. The molecule has 0 saturated carbocycles. The molecule has 11 rings (SSSR count). The van der Waals surface area contributed by atoms with E-state index in [4.69, 9.17) is 0 Å². The van der Waals surface area contributed by atoms with Gasteiger partial charge in [-0.05, 0) is 130 Å². The lowest BCUT2D eigenvalue weighted by molar-refractivity contribution is 0.864. The molecular weight excluding hydrogens is 691 g/mol. The number of hydrogen-bond donors (Lipinski definition) is 1.